The Bertz CT molecular complexity index is 743. The van der Waals surface area contributed by atoms with Crippen LogP contribution in [0.2, 0.25) is 0 Å². The van der Waals surface area contributed by atoms with Gasteiger partial charge in [0.15, 0.2) is 0 Å². The summed E-state index contributed by atoms with van der Waals surface area (Å²) in [6.07, 6.45) is 1.99. The predicted octanol–water partition coefficient (Wildman–Crippen LogP) is 3.39. The van der Waals surface area contributed by atoms with Crippen LogP contribution in [0.15, 0.2) is 60.8 Å². The maximum absolute atomic E-state index is 11.2. The molecule has 0 saturated heterocycles. The van der Waals surface area contributed by atoms with Gasteiger partial charge in [0.05, 0.1) is 5.56 Å². The lowest BCUT2D eigenvalue weighted by Gasteiger charge is -2.08. The molecule has 1 N–H and O–H groups in total. The van der Waals surface area contributed by atoms with Gasteiger partial charge in [-0.3, -0.25) is 0 Å². The third-order valence-electron chi connectivity index (χ3n) is 3.27. The summed E-state index contributed by atoms with van der Waals surface area (Å²) in [7, 11) is 0. The van der Waals surface area contributed by atoms with Gasteiger partial charge in [-0.25, -0.2) is 4.79 Å². The van der Waals surface area contributed by atoms with Crippen molar-refractivity contribution >= 4 is 16.9 Å². The van der Waals surface area contributed by atoms with Gasteiger partial charge in [-0.15, -0.1) is 0 Å². The number of carboxylic acid groups (broad SMARTS) is 1. The molecule has 0 aliphatic rings. The average molecular weight is 251 g/mol. The van der Waals surface area contributed by atoms with Crippen LogP contribution in [0.4, 0.5) is 0 Å². The first-order valence-corrected chi connectivity index (χ1v) is 6.11. The summed E-state index contributed by atoms with van der Waals surface area (Å²) in [5.41, 5.74) is 2.29. The highest BCUT2D eigenvalue weighted by atomic mass is 16.4. The van der Waals surface area contributed by atoms with Crippen LogP contribution < -0.4 is 0 Å². The number of benzene rings is 2. The summed E-state index contributed by atoms with van der Waals surface area (Å²) in [4.78, 5) is 11.2. The lowest BCUT2D eigenvalue weighted by molar-refractivity contribution is 0.0695. The van der Waals surface area contributed by atoms with Crippen LogP contribution in [0, 0.1) is 0 Å². The van der Waals surface area contributed by atoms with Crippen molar-refractivity contribution < 1.29 is 9.90 Å². The minimum absolute atomic E-state index is 0.361. The highest BCUT2D eigenvalue weighted by Gasteiger charge is 2.10. The van der Waals surface area contributed by atoms with E-state index in [0.717, 1.165) is 16.5 Å². The van der Waals surface area contributed by atoms with E-state index >= 15 is 0 Å². The Morgan fingerprint density at radius 3 is 2.58 bits per heavy atom. The highest BCUT2D eigenvalue weighted by Crippen LogP contribution is 2.18. The fourth-order valence-electron chi connectivity index (χ4n) is 2.33. The number of carboxylic acids is 1. The molecule has 0 amide bonds. The summed E-state index contributed by atoms with van der Waals surface area (Å²) >= 11 is 0. The largest absolute Gasteiger partial charge is 0.478 e. The van der Waals surface area contributed by atoms with E-state index in [-0.39, 0.29) is 0 Å². The first-order chi connectivity index (χ1) is 9.25. The molecule has 1 aromatic heterocycles. The van der Waals surface area contributed by atoms with Crippen molar-refractivity contribution in [3.63, 3.8) is 0 Å². The lowest BCUT2D eigenvalue weighted by Crippen LogP contribution is -2.06. The van der Waals surface area contributed by atoms with Gasteiger partial charge in [-0.05, 0) is 29.1 Å². The minimum atomic E-state index is -0.882. The van der Waals surface area contributed by atoms with E-state index in [0.29, 0.717) is 12.1 Å². The molecule has 3 rings (SSSR count). The maximum atomic E-state index is 11.2. The third kappa shape index (κ3) is 2.10. The van der Waals surface area contributed by atoms with Gasteiger partial charge in [-0.1, -0.05) is 36.4 Å². The second-order valence-electron chi connectivity index (χ2n) is 4.46. The van der Waals surface area contributed by atoms with Crippen LogP contribution in [0.1, 0.15) is 15.9 Å². The Balaban J connectivity index is 2.04. The maximum Gasteiger partial charge on any atom is 0.336 e. The van der Waals surface area contributed by atoms with Crippen LogP contribution in [-0.4, -0.2) is 15.6 Å². The zero-order valence-corrected chi connectivity index (χ0v) is 10.3. The zero-order valence-electron chi connectivity index (χ0n) is 10.3. The number of rotatable bonds is 3. The number of hydrogen-bond acceptors (Lipinski definition) is 1. The molecule has 0 bridgehead atoms. The SMILES string of the molecule is O=C(O)c1ccccc1Cn1ccc2ccccc21. The molecular formula is C16H13NO2. The van der Waals surface area contributed by atoms with E-state index in [4.69, 9.17) is 0 Å². The first kappa shape index (κ1) is 11.5. The van der Waals surface area contributed by atoms with Crippen LogP contribution in [0.3, 0.4) is 0 Å². The normalized spacial score (nSPS) is 10.7. The van der Waals surface area contributed by atoms with E-state index in [9.17, 15) is 9.90 Å². The number of para-hydroxylation sites is 1. The summed E-state index contributed by atoms with van der Waals surface area (Å²) in [5, 5.41) is 10.4. The number of fused-ring (bicyclic) bond motifs is 1. The summed E-state index contributed by atoms with van der Waals surface area (Å²) in [6, 6.07) is 17.2. The van der Waals surface area contributed by atoms with Crippen molar-refractivity contribution in [1.82, 2.24) is 4.57 Å². The van der Waals surface area contributed by atoms with Gasteiger partial charge in [0.2, 0.25) is 0 Å². The zero-order chi connectivity index (χ0) is 13.2. The molecule has 0 spiro atoms. The van der Waals surface area contributed by atoms with Gasteiger partial charge < -0.3 is 9.67 Å². The molecule has 0 radical (unpaired) electrons. The number of aromatic carboxylic acids is 1. The topological polar surface area (TPSA) is 42.2 Å². The van der Waals surface area contributed by atoms with Crippen molar-refractivity contribution in [1.29, 1.82) is 0 Å². The first-order valence-electron chi connectivity index (χ1n) is 6.11. The average Bonchev–Trinajstić information content (AvgIpc) is 2.83. The van der Waals surface area contributed by atoms with E-state index in [1.807, 2.05) is 42.6 Å². The second-order valence-corrected chi connectivity index (χ2v) is 4.46. The van der Waals surface area contributed by atoms with Crippen LogP contribution in [0.25, 0.3) is 10.9 Å². The van der Waals surface area contributed by atoms with Crippen molar-refractivity contribution in [3.8, 4) is 0 Å². The predicted molar refractivity (Wildman–Crippen MR) is 74.4 cm³/mol. The molecule has 3 heteroatoms. The van der Waals surface area contributed by atoms with Gasteiger partial charge in [-0.2, -0.15) is 0 Å². The Labute approximate surface area is 110 Å². The quantitative estimate of drug-likeness (QED) is 0.775. The molecule has 0 aliphatic carbocycles. The van der Waals surface area contributed by atoms with Crippen molar-refractivity contribution in [2.45, 2.75) is 6.54 Å². The van der Waals surface area contributed by atoms with E-state index in [2.05, 4.69) is 10.6 Å². The van der Waals surface area contributed by atoms with Gasteiger partial charge in [0.25, 0.3) is 0 Å². The van der Waals surface area contributed by atoms with E-state index < -0.39 is 5.97 Å². The van der Waals surface area contributed by atoms with E-state index in [1.54, 1.807) is 12.1 Å². The molecule has 0 atom stereocenters. The van der Waals surface area contributed by atoms with Crippen LogP contribution in [0.5, 0.6) is 0 Å². The minimum Gasteiger partial charge on any atom is -0.478 e. The number of aromatic nitrogens is 1. The Kier molecular flexibility index (Phi) is 2.80. The molecule has 1 heterocycles. The standard InChI is InChI=1S/C16H13NO2/c18-16(19)14-7-3-1-6-13(14)11-17-10-9-12-5-2-4-8-15(12)17/h1-10H,11H2,(H,18,19). The molecule has 0 saturated carbocycles. The number of nitrogens with zero attached hydrogens (tertiary/aromatic N) is 1. The molecule has 3 aromatic rings. The summed E-state index contributed by atoms with van der Waals surface area (Å²) < 4.78 is 2.07. The molecule has 3 nitrogen and oxygen atoms in total. The number of hydrogen-bond donors (Lipinski definition) is 1. The van der Waals surface area contributed by atoms with Crippen LogP contribution in [-0.2, 0) is 6.54 Å². The third-order valence-corrected chi connectivity index (χ3v) is 3.27. The Morgan fingerprint density at radius 1 is 1.00 bits per heavy atom. The van der Waals surface area contributed by atoms with Gasteiger partial charge >= 0.3 is 5.97 Å². The summed E-state index contributed by atoms with van der Waals surface area (Å²) in [5.74, 6) is -0.882. The Hall–Kier alpha value is -2.55. The fraction of sp³-hybridized carbons (Fsp3) is 0.0625. The van der Waals surface area contributed by atoms with Gasteiger partial charge in [0, 0.05) is 18.3 Å². The summed E-state index contributed by atoms with van der Waals surface area (Å²) in [6.45, 7) is 0.565. The molecule has 94 valence electrons. The lowest BCUT2D eigenvalue weighted by atomic mass is 10.1. The smallest absolute Gasteiger partial charge is 0.336 e. The van der Waals surface area contributed by atoms with Crippen molar-refractivity contribution in [3.05, 3.63) is 71.9 Å². The fourth-order valence-corrected chi connectivity index (χ4v) is 2.33. The monoisotopic (exact) mass is 251 g/mol. The van der Waals surface area contributed by atoms with Crippen molar-refractivity contribution in [2.24, 2.45) is 0 Å². The number of carbonyl (C=O) groups is 1. The molecule has 19 heavy (non-hydrogen) atoms. The van der Waals surface area contributed by atoms with E-state index in [1.165, 1.54) is 0 Å². The van der Waals surface area contributed by atoms with Gasteiger partial charge in [0.1, 0.15) is 0 Å². The molecular weight excluding hydrogens is 238 g/mol. The second kappa shape index (κ2) is 4.61. The van der Waals surface area contributed by atoms with Crippen LogP contribution >= 0.6 is 0 Å². The Morgan fingerprint density at radius 2 is 1.74 bits per heavy atom. The highest BCUT2D eigenvalue weighted by molar-refractivity contribution is 5.89. The molecule has 2 aromatic carbocycles. The molecule has 0 aliphatic heterocycles. The molecule has 0 fully saturated rings. The van der Waals surface area contributed by atoms with Crippen molar-refractivity contribution in [2.75, 3.05) is 0 Å². The molecule has 0 unspecified atom stereocenters.